The molecule has 0 unspecified atom stereocenters. The summed E-state index contributed by atoms with van der Waals surface area (Å²) in [5, 5.41) is 11.5. The normalized spacial score (nSPS) is 12.2. The van der Waals surface area contributed by atoms with Gasteiger partial charge in [0.25, 0.3) is 0 Å². The van der Waals surface area contributed by atoms with Gasteiger partial charge < -0.3 is 10.1 Å². The van der Waals surface area contributed by atoms with Crippen LogP contribution in [-0.4, -0.2) is 64.6 Å². The molecule has 1 N–H and O–H groups in total. The number of thioether (sulfide) groups is 1. The monoisotopic (exact) mass is 607 g/mol. The number of carbonyl (C=O) groups is 2. The van der Waals surface area contributed by atoms with Crippen LogP contribution in [0.2, 0.25) is 0 Å². The highest BCUT2D eigenvalue weighted by Crippen LogP contribution is 2.33. The second-order valence-electron chi connectivity index (χ2n) is 9.35. The fourth-order valence-corrected chi connectivity index (χ4v) is 6.67. The summed E-state index contributed by atoms with van der Waals surface area (Å²) in [6.45, 7) is 7.51. The maximum Gasteiger partial charge on any atom is 0.243 e. The molecule has 0 aliphatic carbocycles. The number of aromatic nitrogens is 3. The molecule has 0 bridgehead atoms. The summed E-state index contributed by atoms with van der Waals surface area (Å²) in [7, 11) is -2.14. The number of nitrogens with zero attached hydrogens (tertiary/aromatic N) is 4. The van der Waals surface area contributed by atoms with E-state index in [1.807, 2.05) is 24.3 Å². The minimum Gasteiger partial charge on any atom is -0.497 e. The lowest BCUT2D eigenvalue weighted by atomic mass is 10.1. The van der Waals surface area contributed by atoms with E-state index in [-0.39, 0.29) is 16.6 Å². The molecule has 0 saturated carbocycles. The Bertz CT molecular complexity index is 1700. The Hall–Kier alpha value is -4.00. The van der Waals surface area contributed by atoms with Crippen molar-refractivity contribution in [3.63, 3.8) is 0 Å². The molecular formula is C30H33N5O5S2. The number of ether oxygens (including phenoxy) is 1. The molecule has 10 nitrogen and oxygen atoms in total. The highest BCUT2D eigenvalue weighted by atomic mass is 32.2. The molecule has 4 rings (SSSR count). The summed E-state index contributed by atoms with van der Waals surface area (Å²) in [5.74, 6) is 0.636. The van der Waals surface area contributed by atoms with Gasteiger partial charge >= 0.3 is 0 Å². The van der Waals surface area contributed by atoms with Crippen LogP contribution in [0.5, 0.6) is 5.75 Å². The van der Waals surface area contributed by atoms with Crippen molar-refractivity contribution in [2.24, 2.45) is 0 Å². The Labute approximate surface area is 250 Å². The number of nitrogens with one attached hydrogen (secondary N) is 1. The van der Waals surface area contributed by atoms with Gasteiger partial charge in [0.2, 0.25) is 15.9 Å². The molecule has 1 aromatic heterocycles. The minimum absolute atomic E-state index is 0.0959. The molecule has 0 aliphatic heterocycles. The van der Waals surface area contributed by atoms with Crippen molar-refractivity contribution in [2.45, 2.75) is 43.0 Å². The van der Waals surface area contributed by atoms with Crippen LogP contribution in [0.25, 0.3) is 17.1 Å². The van der Waals surface area contributed by atoms with Crippen molar-refractivity contribution in [3.8, 4) is 22.8 Å². The summed E-state index contributed by atoms with van der Waals surface area (Å²) in [6, 6.07) is 20.6. The van der Waals surface area contributed by atoms with E-state index in [9.17, 15) is 18.0 Å². The lowest BCUT2D eigenvalue weighted by molar-refractivity contribution is -0.115. The summed E-state index contributed by atoms with van der Waals surface area (Å²) in [4.78, 5) is 25.0. The zero-order valence-electron chi connectivity index (χ0n) is 24.1. The van der Waals surface area contributed by atoms with Crippen LogP contribution in [0, 0.1) is 0 Å². The Morgan fingerprint density at radius 1 is 1.00 bits per heavy atom. The van der Waals surface area contributed by atoms with Crippen LogP contribution < -0.4 is 10.1 Å². The predicted molar refractivity (Wildman–Crippen MR) is 164 cm³/mol. The smallest absolute Gasteiger partial charge is 0.243 e. The topological polar surface area (TPSA) is 123 Å². The first kappa shape index (κ1) is 30.9. The zero-order valence-corrected chi connectivity index (χ0v) is 25.7. The molecule has 0 fully saturated rings. The van der Waals surface area contributed by atoms with E-state index in [2.05, 4.69) is 15.5 Å². The summed E-state index contributed by atoms with van der Waals surface area (Å²) in [6.07, 6.45) is 0. The first-order valence-electron chi connectivity index (χ1n) is 13.4. The Balaban J connectivity index is 1.72. The number of rotatable bonds is 12. The first-order chi connectivity index (χ1) is 20.1. The Morgan fingerprint density at radius 3 is 2.40 bits per heavy atom. The molecule has 12 heteroatoms. The van der Waals surface area contributed by atoms with Gasteiger partial charge in [0, 0.05) is 36.0 Å². The number of anilines is 1. The molecular weight excluding hydrogens is 574 g/mol. The van der Waals surface area contributed by atoms with E-state index in [0.29, 0.717) is 52.3 Å². The van der Waals surface area contributed by atoms with E-state index in [1.165, 1.54) is 23.0 Å². The van der Waals surface area contributed by atoms with Crippen molar-refractivity contribution in [2.75, 3.05) is 25.5 Å². The van der Waals surface area contributed by atoms with Crippen molar-refractivity contribution in [1.82, 2.24) is 19.1 Å². The quantitative estimate of drug-likeness (QED) is 0.170. The molecule has 0 spiro atoms. The molecule has 0 saturated heterocycles. The minimum atomic E-state index is -3.70. The number of sulfonamides is 1. The fourth-order valence-electron chi connectivity index (χ4n) is 4.30. The predicted octanol–water partition coefficient (Wildman–Crippen LogP) is 5.30. The Morgan fingerprint density at radius 2 is 1.71 bits per heavy atom. The molecule has 1 amide bonds. The molecule has 1 atom stereocenters. The standard InChI is InChI=1S/C30H33N5O5S2/c1-6-34(7-2)42(38,39)27-16-9-12-23(18-27)28-32-33-30(35(28)25-14-10-15-26(19-25)40-5)41-21(4)29(37)31-24-13-8-11-22(17-24)20(3)36/h8-19,21H,6-7H2,1-5H3,(H,31,37)/t21-/m0/s1. The third-order valence-electron chi connectivity index (χ3n) is 6.57. The van der Waals surface area contributed by atoms with Crippen molar-refractivity contribution >= 4 is 39.2 Å². The number of hydrogen-bond acceptors (Lipinski definition) is 8. The van der Waals surface area contributed by atoms with E-state index in [0.717, 1.165) is 0 Å². The van der Waals surface area contributed by atoms with Gasteiger partial charge in [-0.3, -0.25) is 14.2 Å². The molecule has 3 aromatic carbocycles. The van der Waals surface area contributed by atoms with E-state index < -0.39 is 15.3 Å². The van der Waals surface area contributed by atoms with E-state index in [1.54, 1.807) is 81.0 Å². The van der Waals surface area contributed by atoms with Crippen LogP contribution >= 0.6 is 11.8 Å². The average Bonchev–Trinajstić information content (AvgIpc) is 3.41. The summed E-state index contributed by atoms with van der Waals surface area (Å²) >= 11 is 1.20. The number of Topliss-reactive ketones (excluding diaryl/α,β-unsaturated/α-hetero) is 1. The van der Waals surface area contributed by atoms with E-state index in [4.69, 9.17) is 4.74 Å². The SMILES string of the molecule is CCN(CC)S(=O)(=O)c1cccc(-c2nnc(S[C@@H](C)C(=O)Nc3cccc(C(C)=O)c3)n2-c2cccc(OC)c2)c1. The molecule has 42 heavy (non-hydrogen) atoms. The number of benzene rings is 3. The zero-order chi connectivity index (χ0) is 30.4. The van der Waals surface area contributed by atoms with Gasteiger partial charge in [-0.1, -0.05) is 55.9 Å². The van der Waals surface area contributed by atoms with Crippen LogP contribution in [0.15, 0.2) is 82.8 Å². The van der Waals surface area contributed by atoms with Gasteiger partial charge in [0.05, 0.1) is 22.9 Å². The first-order valence-corrected chi connectivity index (χ1v) is 15.7. The second-order valence-corrected chi connectivity index (χ2v) is 12.6. The van der Waals surface area contributed by atoms with Crippen molar-refractivity contribution in [1.29, 1.82) is 0 Å². The van der Waals surface area contributed by atoms with Gasteiger partial charge in [0.1, 0.15) is 5.75 Å². The van der Waals surface area contributed by atoms with Gasteiger partial charge in [-0.05, 0) is 50.2 Å². The van der Waals surface area contributed by atoms with Crippen LogP contribution in [-0.2, 0) is 14.8 Å². The molecule has 220 valence electrons. The largest absolute Gasteiger partial charge is 0.497 e. The van der Waals surface area contributed by atoms with Crippen LogP contribution in [0.1, 0.15) is 38.1 Å². The highest BCUT2D eigenvalue weighted by Gasteiger charge is 2.25. The number of hydrogen-bond donors (Lipinski definition) is 1. The van der Waals surface area contributed by atoms with E-state index >= 15 is 0 Å². The molecule has 1 heterocycles. The number of carbonyl (C=O) groups excluding carboxylic acids is 2. The molecule has 0 radical (unpaired) electrons. The van der Waals surface area contributed by atoms with Gasteiger partial charge in [0.15, 0.2) is 16.8 Å². The number of methoxy groups -OCH3 is 1. The maximum atomic E-state index is 13.2. The maximum absolute atomic E-state index is 13.2. The summed E-state index contributed by atoms with van der Waals surface area (Å²) in [5.41, 5.74) is 2.24. The van der Waals surface area contributed by atoms with Gasteiger partial charge in [-0.25, -0.2) is 8.42 Å². The highest BCUT2D eigenvalue weighted by molar-refractivity contribution is 8.00. The van der Waals surface area contributed by atoms with Crippen molar-refractivity contribution in [3.05, 3.63) is 78.4 Å². The number of ketones is 1. The van der Waals surface area contributed by atoms with Crippen LogP contribution in [0.4, 0.5) is 5.69 Å². The Kier molecular flexibility index (Phi) is 9.81. The molecule has 0 aliphatic rings. The average molecular weight is 608 g/mol. The second kappa shape index (κ2) is 13.3. The fraction of sp³-hybridized carbons (Fsp3) is 0.267. The van der Waals surface area contributed by atoms with Gasteiger partial charge in [-0.2, -0.15) is 4.31 Å². The summed E-state index contributed by atoms with van der Waals surface area (Å²) < 4.78 is 35.1. The third kappa shape index (κ3) is 6.72. The van der Waals surface area contributed by atoms with Crippen molar-refractivity contribution < 1.29 is 22.7 Å². The number of amides is 1. The third-order valence-corrected chi connectivity index (χ3v) is 9.66. The lowest BCUT2D eigenvalue weighted by Crippen LogP contribution is -2.30. The lowest BCUT2D eigenvalue weighted by Gasteiger charge is -2.19. The van der Waals surface area contributed by atoms with Gasteiger partial charge in [-0.15, -0.1) is 10.2 Å². The van der Waals surface area contributed by atoms with Crippen LogP contribution in [0.3, 0.4) is 0 Å². The molecule has 4 aromatic rings.